The molecule has 4 rings (SSSR count). The highest BCUT2D eigenvalue weighted by molar-refractivity contribution is 5.92. The summed E-state index contributed by atoms with van der Waals surface area (Å²) in [6.07, 6.45) is 1.54. The first-order valence-corrected chi connectivity index (χ1v) is 8.06. The van der Waals surface area contributed by atoms with E-state index in [1.165, 1.54) is 5.56 Å². The molecule has 1 N–H and O–H groups in total. The molecule has 3 heterocycles. The highest BCUT2D eigenvalue weighted by atomic mass is 16.5. The summed E-state index contributed by atoms with van der Waals surface area (Å²) < 4.78 is 5.02. The standard InChI is InChI=1S/C18H18N4O2/c1-12-11-16(21-24-12)18(23)22-9-7-14-15(8-10-22)19-20-17(14)13-5-3-2-4-6-13/h2-6,11H,7-10H2,1H3,(H,19,20). The predicted molar refractivity (Wildman–Crippen MR) is 88.6 cm³/mol. The lowest BCUT2D eigenvalue weighted by Gasteiger charge is -2.18. The SMILES string of the molecule is Cc1cc(C(=O)N2CCc3[nH]nc(-c4ccccc4)c3CC2)no1. The second kappa shape index (κ2) is 5.96. The molecule has 2 aromatic heterocycles. The van der Waals surface area contributed by atoms with Crippen molar-refractivity contribution in [3.8, 4) is 11.3 Å². The van der Waals surface area contributed by atoms with E-state index in [1.54, 1.807) is 13.0 Å². The molecule has 0 saturated heterocycles. The molecule has 0 bridgehead atoms. The molecule has 0 aliphatic carbocycles. The predicted octanol–water partition coefficient (Wildman–Crippen LogP) is 2.61. The van der Waals surface area contributed by atoms with Gasteiger partial charge in [0, 0.05) is 42.4 Å². The molecule has 1 amide bonds. The molecule has 1 aromatic carbocycles. The summed E-state index contributed by atoms with van der Waals surface area (Å²) in [4.78, 5) is 14.4. The Hall–Kier alpha value is -2.89. The number of aryl methyl sites for hydroxylation is 1. The minimum Gasteiger partial charge on any atom is -0.361 e. The zero-order valence-electron chi connectivity index (χ0n) is 13.5. The van der Waals surface area contributed by atoms with Crippen LogP contribution in [0.5, 0.6) is 0 Å². The third-order valence-electron chi connectivity index (χ3n) is 4.40. The zero-order chi connectivity index (χ0) is 16.5. The molecule has 0 spiro atoms. The molecule has 1 aliphatic heterocycles. The van der Waals surface area contributed by atoms with E-state index in [9.17, 15) is 4.79 Å². The Morgan fingerprint density at radius 2 is 2.00 bits per heavy atom. The first-order valence-electron chi connectivity index (χ1n) is 8.06. The number of nitrogens with one attached hydrogen (secondary N) is 1. The topological polar surface area (TPSA) is 75.0 Å². The van der Waals surface area contributed by atoms with Crippen molar-refractivity contribution in [3.63, 3.8) is 0 Å². The largest absolute Gasteiger partial charge is 0.361 e. The third kappa shape index (κ3) is 2.60. The Kier molecular flexibility index (Phi) is 3.65. The second-order valence-corrected chi connectivity index (χ2v) is 6.01. The maximum Gasteiger partial charge on any atom is 0.276 e. The van der Waals surface area contributed by atoms with Crippen LogP contribution in [0.1, 0.15) is 27.5 Å². The van der Waals surface area contributed by atoms with Crippen molar-refractivity contribution in [1.29, 1.82) is 0 Å². The molecule has 6 nitrogen and oxygen atoms in total. The number of amides is 1. The van der Waals surface area contributed by atoms with E-state index in [1.807, 2.05) is 23.1 Å². The fourth-order valence-electron chi connectivity index (χ4n) is 3.15. The van der Waals surface area contributed by atoms with E-state index in [-0.39, 0.29) is 5.91 Å². The van der Waals surface area contributed by atoms with Crippen molar-refractivity contribution in [1.82, 2.24) is 20.3 Å². The third-order valence-corrected chi connectivity index (χ3v) is 4.40. The van der Waals surface area contributed by atoms with Crippen molar-refractivity contribution in [2.75, 3.05) is 13.1 Å². The average molecular weight is 322 g/mol. The number of aromatic amines is 1. The minimum absolute atomic E-state index is 0.0776. The number of rotatable bonds is 2. The fraction of sp³-hybridized carbons (Fsp3) is 0.278. The Morgan fingerprint density at radius 3 is 2.75 bits per heavy atom. The first kappa shape index (κ1) is 14.7. The number of H-pyrrole nitrogens is 1. The molecular formula is C18H18N4O2. The highest BCUT2D eigenvalue weighted by Gasteiger charge is 2.25. The lowest BCUT2D eigenvalue weighted by Crippen LogP contribution is -2.33. The van der Waals surface area contributed by atoms with Crippen molar-refractivity contribution in [3.05, 3.63) is 59.1 Å². The zero-order valence-corrected chi connectivity index (χ0v) is 13.5. The van der Waals surface area contributed by atoms with E-state index < -0.39 is 0 Å². The van der Waals surface area contributed by atoms with Crippen molar-refractivity contribution >= 4 is 5.91 Å². The Balaban J connectivity index is 1.57. The summed E-state index contributed by atoms with van der Waals surface area (Å²) >= 11 is 0. The maximum absolute atomic E-state index is 12.6. The summed E-state index contributed by atoms with van der Waals surface area (Å²) in [5.74, 6) is 0.570. The molecule has 1 aliphatic rings. The number of carbonyl (C=O) groups excluding carboxylic acids is 1. The van der Waals surface area contributed by atoms with Gasteiger partial charge in [-0.2, -0.15) is 5.10 Å². The van der Waals surface area contributed by atoms with Gasteiger partial charge in [0.25, 0.3) is 5.91 Å². The van der Waals surface area contributed by atoms with Gasteiger partial charge in [-0.15, -0.1) is 0 Å². The number of hydrogen-bond donors (Lipinski definition) is 1. The number of hydrogen-bond acceptors (Lipinski definition) is 4. The number of fused-ring (bicyclic) bond motifs is 1. The quantitative estimate of drug-likeness (QED) is 0.787. The van der Waals surface area contributed by atoms with Crippen molar-refractivity contribution < 1.29 is 9.32 Å². The lowest BCUT2D eigenvalue weighted by atomic mass is 10.0. The lowest BCUT2D eigenvalue weighted by molar-refractivity contribution is 0.0752. The highest BCUT2D eigenvalue weighted by Crippen LogP contribution is 2.26. The summed E-state index contributed by atoms with van der Waals surface area (Å²) in [5, 5.41) is 11.5. The van der Waals surface area contributed by atoms with Crippen LogP contribution in [0.4, 0.5) is 0 Å². The van der Waals surface area contributed by atoms with E-state index in [0.717, 1.165) is 29.8 Å². The monoisotopic (exact) mass is 322 g/mol. The number of aromatic nitrogens is 3. The smallest absolute Gasteiger partial charge is 0.276 e. The maximum atomic E-state index is 12.6. The first-order chi connectivity index (χ1) is 11.7. The van der Waals surface area contributed by atoms with Gasteiger partial charge in [0.15, 0.2) is 5.69 Å². The Bertz CT molecular complexity index is 866. The summed E-state index contributed by atoms with van der Waals surface area (Å²) in [6, 6.07) is 11.8. The molecule has 0 unspecified atom stereocenters. The van der Waals surface area contributed by atoms with Crippen LogP contribution in [0.2, 0.25) is 0 Å². The summed E-state index contributed by atoms with van der Waals surface area (Å²) in [5.41, 5.74) is 4.77. The van der Waals surface area contributed by atoms with Gasteiger partial charge in [-0.3, -0.25) is 9.89 Å². The van der Waals surface area contributed by atoms with Crippen molar-refractivity contribution in [2.45, 2.75) is 19.8 Å². The molecule has 0 radical (unpaired) electrons. The van der Waals surface area contributed by atoms with Gasteiger partial charge in [-0.25, -0.2) is 0 Å². The Morgan fingerprint density at radius 1 is 1.21 bits per heavy atom. The van der Waals surface area contributed by atoms with E-state index in [0.29, 0.717) is 24.5 Å². The summed E-state index contributed by atoms with van der Waals surface area (Å²) in [7, 11) is 0. The van der Waals surface area contributed by atoms with Crippen molar-refractivity contribution in [2.24, 2.45) is 0 Å². The molecular weight excluding hydrogens is 304 g/mol. The van der Waals surface area contributed by atoms with Crippen LogP contribution in [-0.4, -0.2) is 39.3 Å². The van der Waals surface area contributed by atoms with Crippen LogP contribution in [0.25, 0.3) is 11.3 Å². The molecule has 122 valence electrons. The van der Waals surface area contributed by atoms with Crippen LogP contribution in [0.3, 0.4) is 0 Å². The molecule has 24 heavy (non-hydrogen) atoms. The van der Waals surface area contributed by atoms with Gasteiger partial charge in [0.1, 0.15) is 5.76 Å². The molecule has 6 heteroatoms. The van der Waals surface area contributed by atoms with E-state index >= 15 is 0 Å². The van der Waals surface area contributed by atoms with Crippen LogP contribution < -0.4 is 0 Å². The fourth-order valence-corrected chi connectivity index (χ4v) is 3.15. The van der Waals surface area contributed by atoms with Gasteiger partial charge in [-0.05, 0) is 13.3 Å². The van der Waals surface area contributed by atoms with Gasteiger partial charge in [-0.1, -0.05) is 35.5 Å². The Labute approximate surface area is 139 Å². The van der Waals surface area contributed by atoms with Crippen LogP contribution in [-0.2, 0) is 12.8 Å². The van der Waals surface area contributed by atoms with Gasteiger partial charge in [0.2, 0.25) is 0 Å². The molecule has 0 fully saturated rings. The summed E-state index contributed by atoms with van der Waals surface area (Å²) in [6.45, 7) is 3.08. The number of nitrogens with zero attached hydrogens (tertiary/aromatic N) is 3. The normalized spacial score (nSPS) is 14.3. The number of carbonyl (C=O) groups is 1. The van der Waals surface area contributed by atoms with Gasteiger partial charge >= 0.3 is 0 Å². The van der Waals surface area contributed by atoms with Gasteiger partial charge in [0.05, 0.1) is 5.69 Å². The molecule has 0 atom stereocenters. The average Bonchev–Trinajstić information content (AvgIpc) is 3.16. The molecule has 3 aromatic rings. The molecule has 0 saturated carbocycles. The van der Waals surface area contributed by atoms with E-state index in [2.05, 4.69) is 27.5 Å². The second-order valence-electron chi connectivity index (χ2n) is 6.01. The number of benzene rings is 1. The van der Waals surface area contributed by atoms with E-state index in [4.69, 9.17) is 4.52 Å². The van der Waals surface area contributed by atoms with Crippen LogP contribution in [0, 0.1) is 6.92 Å². The van der Waals surface area contributed by atoms with Crippen LogP contribution >= 0.6 is 0 Å². The minimum atomic E-state index is -0.0776. The van der Waals surface area contributed by atoms with Crippen LogP contribution in [0.15, 0.2) is 40.9 Å². The van der Waals surface area contributed by atoms with Gasteiger partial charge < -0.3 is 9.42 Å².